The number of rotatable bonds is 16. The van der Waals surface area contributed by atoms with Crippen molar-refractivity contribution in [3.63, 3.8) is 0 Å². The number of carbonyl (C=O) groups excluding carboxylic acids is 4. The largest absolute Gasteiger partial charge is 1.00 e. The van der Waals surface area contributed by atoms with Crippen molar-refractivity contribution in [3.05, 3.63) is 287 Å². The molecule has 0 amide bonds. The fourth-order valence-corrected chi connectivity index (χ4v) is 19.1. The summed E-state index contributed by atoms with van der Waals surface area (Å²) in [4.78, 5) is 61.1. The summed E-state index contributed by atoms with van der Waals surface area (Å²) in [6.45, 7) is 17.9. The van der Waals surface area contributed by atoms with Crippen LogP contribution in [0.5, 0.6) is 5.75 Å². The SMILES string of the molecule is CC(C)COC(=O)Cl.CCOC(=O)Cc1ccccc1O.CN1CCOCC1.COC(=O)c1cc(Br)c2[nH]ccc2c1.COC(=O)c1cc(Br)c2c(ccn2S(=O)(=O)c2ccc(C)cc2)c1.Cc1ccc(S(=O)(=O)Cl)cc1.Cc1ccc(S(=O)(=O)n2ccc3cc(C(=O)O)cc(Br)c32)cc1.Cc1ccc(S(=O)(=O)n2ccc3cc(CO)cc(Br)c32)cc1.[B].[H-].[H-].[Li+].[Na+].[Na+].[OH-]. The smallest absolute Gasteiger partial charge is 1.00 e. The first kappa shape index (κ1) is 116. The number of hydrogen-bond acceptors (Lipinski definition) is 22. The number of carbonyl (C=O) groups is 5. The van der Waals surface area contributed by atoms with Gasteiger partial charge in [0, 0.05) is 114 Å². The van der Waals surface area contributed by atoms with Gasteiger partial charge in [0.05, 0.1) is 112 Å². The van der Waals surface area contributed by atoms with Gasteiger partial charge in [-0.1, -0.05) is 103 Å². The van der Waals surface area contributed by atoms with Gasteiger partial charge in [-0.3, -0.25) is 4.79 Å². The summed E-state index contributed by atoms with van der Waals surface area (Å²) >= 11 is 18.3. The summed E-state index contributed by atoms with van der Waals surface area (Å²) < 4.78 is 128. The number of hydrogen-bond donors (Lipinski definition) is 4. The molecule has 0 atom stereocenters. The molecule has 0 bridgehead atoms. The van der Waals surface area contributed by atoms with E-state index in [1.165, 1.54) is 65.0 Å². The molecule has 663 valence electrons. The third kappa shape index (κ3) is 33.4. The van der Waals surface area contributed by atoms with E-state index in [4.69, 9.17) is 41.6 Å². The third-order valence-electron chi connectivity index (χ3n) is 17.5. The minimum Gasteiger partial charge on any atom is -1.00 e. The van der Waals surface area contributed by atoms with Gasteiger partial charge in [0.1, 0.15) is 5.75 Å². The number of nitrogens with zero attached hydrogens (tertiary/aromatic N) is 4. The van der Waals surface area contributed by atoms with Crippen molar-refractivity contribution in [3.8, 4) is 5.75 Å². The molecule has 27 nitrogen and oxygen atoms in total. The zero-order valence-corrected chi connectivity index (χ0v) is 86.5. The van der Waals surface area contributed by atoms with Crippen LogP contribution in [0.4, 0.5) is 4.79 Å². The van der Waals surface area contributed by atoms with Crippen LogP contribution in [-0.2, 0) is 80.6 Å². The number of halogens is 6. The number of aromatic carboxylic acids is 1. The van der Waals surface area contributed by atoms with Gasteiger partial charge in [0.2, 0.25) is 0 Å². The van der Waals surface area contributed by atoms with Gasteiger partial charge < -0.3 is 57.2 Å². The summed E-state index contributed by atoms with van der Waals surface area (Å²) in [6, 6.07) is 53.0. The molecular formula is C86H90BBr4Cl2LiN5Na2O22S4. The number of methoxy groups -OCH3 is 2. The molecule has 0 aliphatic carbocycles. The number of para-hydroxylation sites is 1. The number of phenols is 1. The molecular weight excluding hydrogens is 2040 g/mol. The number of aryl methyl sites for hydroxylation is 4. The number of ether oxygens (including phenoxy) is 5. The summed E-state index contributed by atoms with van der Waals surface area (Å²) in [7, 11) is -4.82. The molecule has 9 aromatic carbocycles. The zero-order chi connectivity index (χ0) is 90.1. The van der Waals surface area contributed by atoms with E-state index in [1.54, 1.807) is 171 Å². The van der Waals surface area contributed by atoms with Crippen LogP contribution in [0.25, 0.3) is 43.6 Å². The molecule has 5 N–H and O–H groups in total. The first-order valence-corrected chi connectivity index (χ1v) is 46.9. The summed E-state index contributed by atoms with van der Waals surface area (Å²) in [5.74, 6) is -1.69. The predicted molar refractivity (Wildman–Crippen MR) is 495 cm³/mol. The molecule has 0 saturated carbocycles. The van der Waals surface area contributed by atoms with Gasteiger partial charge in [0.15, 0.2) is 0 Å². The second kappa shape index (κ2) is 54.2. The molecule has 5 heterocycles. The van der Waals surface area contributed by atoms with Crippen molar-refractivity contribution >= 4 is 206 Å². The minimum atomic E-state index is -3.76. The molecule has 13 aromatic rings. The van der Waals surface area contributed by atoms with Crippen molar-refractivity contribution in [1.29, 1.82) is 0 Å². The van der Waals surface area contributed by atoms with Crippen LogP contribution in [-0.4, -0.2) is 175 Å². The Balaban J connectivity index is 0.00000148. The average molecular weight is 2130 g/mol. The van der Waals surface area contributed by atoms with Crippen LogP contribution in [0.2, 0.25) is 0 Å². The Morgan fingerprint density at radius 2 is 0.906 bits per heavy atom. The Hall–Kier alpha value is -6.91. The molecule has 0 unspecified atom stereocenters. The number of H-pyrrole nitrogens is 1. The van der Waals surface area contributed by atoms with Crippen LogP contribution in [0.3, 0.4) is 0 Å². The Bertz CT molecular complexity index is 6370. The summed E-state index contributed by atoms with van der Waals surface area (Å²) in [5.41, 5.74) is 7.99. The molecule has 3 radical (unpaired) electrons. The number of phenolic OH excluding ortho intramolecular Hbond substituents is 1. The van der Waals surface area contributed by atoms with Crippen LogP contribution in [0.1, 0.15) is 88.1 Å². The number of aromatic nitrogens is 4. The molecule has 4 aromatic heterocycles. The topological polar surface area (TPSA) is 393 Å². The normalized spacial score (nSPS) is 11.5. The number of fused-ring (bicyclic) bond motifs is 4. The third-order valence-corrected chi connectivity index (χ3v) is 26.5. The van der Waals surface area contributed by atoms with Crippen molar-refractivity contribution in [1.82, 2.24) is 21.8 Å². The molecule has 1 aliphatic rings. The van der Waals surface area contributed by atoms with E-state index >= 15 is 0 Å². The standard InChI is InChI=1S/C17H14BrNO4S.C16H12BrNO4S.C16H14BrNO3S.C10H8BrNO2.C10H12O3.C7H7ClO2S.C5H9ClO2.C5H11NO.B.Li.2Na.H2O.2H/c1-11-3-5-14(6-4-11)24(21,22)19-8-7-12-9-13(17(20)23-2)10-15(18)16(12)19;1-10-2-4-13(5-3-10)23(21,22)18-7-6-11-8-12(16(19)20)9-14(17)15(11)18;1-11-2-4-14(5-3-11)22(20,21)18-7-6-13-8-12(10-19)9-15(17)16(13)18;1-14-10(13)7-4-6-2-3-12-9(6)8(11)5-7;1-2-13-10(12)7-8-5-3-4-6-9(8)11;1-6-2-4-7(5-3-6)11(8,9)10;1-4(2)3-8-5(6)7;1-6-2-4-7-5-3-6;;;;;;;/h3-10H,1-2H3;2-9H,1H3,(H,19,20);2-9,19H,10H2,1H3;2-5,12H,1H3;3-6,11H,2,7H2,1H3;2-5H,1H3;4H,3H2,1-2H3;2-5H2,1H3;;;;;1H2;;/q;;;;;;;;;3*+1;;2*-1/p-1. The Morgan fingerprint density at radius 3 is 1.25 bits per heavy atom. The van der Waals surface area contributed by atoms with Crippen molar-refractivity contribution < 1.29 is 183 Å². The van der Waals surface area contributed by atoms with Crippen LogP contribution in [0, 0.1) is 33.6 Å². The van der Waals surface area contributed by atoms with Gasteiger partial charge >= 0.3 is 107 Å². The minimum absolute atomic E-state index is 0. The number of esters is 3. The molecule has 1 fully saturated rings. The first-order chi connectivity index (χ1) is 57.5. The van der Waals surface area contributed by atoms with E-state index in [-0.39, 0.29) is 151 Å². The van der Waals surface area contributed by atoms with E-state index in [2.05, 4.69) is 90.1 Å². The molecule has 0 spiro atoms. The first-order valence-electron chi connectivity index (χ1n) is 36.7. The molecule has 1 aliphatic heterocycles. The number of aliphatic hydroxyl groups is 1. The molecule has 14 rings (SSSR count). The van der Waals surface area contributed by atoms with Crippen molar-refractivity contribution in [2.24, 2.45) is 5.92 Å². The fourth-order valence-electron chi connectivity index (χ4n) is 11.2. The van der Waals surface area contributed by atoms with E-state index in [0.29, 0.717) is 76.6 Å². The molecule has 1 saturated heterocycles. The number of aromatic amines is 1. The zero-order valence-electron chi connectivity index (χ0n) is 73.4. The maximum absolute atomic E-state index is 12.9. The number of morpholine rings is 1. The molecule has 41 heteroatoms. The van der Waals surface area contributed by atoms with E-state index in [0.717, 1.165) is 78.9 Å². The number of aliphatic hydroxyl groups excluding tert-OH is 1. The fraction of sp³-hybridized carbons (Fsp3) is 0.221. The summed E-state index contributed by atoms with van der Waals surface area (Å²) in [5, 5.41) is 30.6. The van der Waals surface area contributed by atoms with Gasteiger partial charge in [-0.25, -0.2) is 64.8 Å². The maximum atomic E-state index is 12.9. The van der Waals surface area contributed by atoms with E-state index in [9.17, 15) is 67.9 Å². The van der Waals surface area contributed by atoms with E-state index in [1.807, 2.05) is 53.8 Å². The number of aromatic hydroxyl groups is 1. The monoisotopic (exact) mass is 2120 g/mol. The van der Waals surface area contributed by atoms with Crippen LogP contribution in [0.15, 0.2) is 256 Å². The van der Waals surface area contributed by atoms with Crippen molar-refractivity contribution in [2.75, 3.05) is 60.8 Å². The second-order valence-electron chi connectivity index (χ2n) is 27.2. The second-order valence-corrected chi connectivity index (χ2v) is 38.9. The number of carboxylic acid groups (broad SMARTS) is 1. The van der Waals surface area contributed by atoms with Gasteiger partial charge in [-0.2, -0.15) is 0 Å². The summed E-state index contributed by atoms with van der Waals surface area (Å²) in [6.07, 6.45) is 6.39. The predicted octanol–water partition coefficient (Wildman–Crippen LogP) is 9.61. The number of nitrogens with one attached hydrogen (secondary N) is 1. The average Bonchev–Trinajstić information content (AvgIpc) is 1.78. The number of likely N-dealkylation sites (N-methyl/N-ethyl adjacent to an activating group) is 1. The Morgan fingerprint density at radius 1 is 0.535 bits per heavy atom. The van der Waals surface area contributed by atoms with E-state index < -0.39 is 56.5 Å². The Kier molecular flexibility index (Phi) is 49.5. The van der Waals surface area contributed by atoms with Gasteiger partial charge in [-0.15, -0.1) is 0 Å². The van der Waals surface area contributed by atoms with Gasteiger partial charge in [0.25, 0.3) is 39.1 Å². The van der Waals surface area contributed by atoms with Crippen molar-refractivity contribution in [2.45, 2.75) is 81.1 Å². The number of benzene rings is 9. The van der Waals surface area contributed by atoms with Crippen LogP contribution >= 0.6 is 86.0 Å². The number of carboxylic acids is 1. The quantitative estimate of drug-likeness (QED) is 0.0302. The molecule has 127 heavy (non-hydrogen) atoms. The van der Waals surface area contributed by atoms with Crippen LogP contribution < -0.4 is 78.0 Å². The van der Waals surface area contributed by atoms with Gasteiger partial charge in [-0.05, 0) is 244 Å². The Labute approximate surface area is 842 Å². The maximum Gasteiger partial charge on any atom is 1.00 e.